The molecular weight excluding hydrogens is 357 g/mol. The molecule has 0 saturated carbocycles. The van der Waals surface area contributed by atoms with Gasteiger partial charge in [0.2, 0.25) is 5.56 Å². The molecule has 1 aliphatic rings. The van der Waals surface area contributed by atoms with E-state index in [4.69, 9.17) is 0 Å². The number of piperidine rings is 1. The summed E-state index contributed by atoms with van der Waals surface area (Å²) in [5.41, 5.74) is 0.213. The molecule has 0 spiro atoms. The zero-order valence-corrected chi connectivity index (χ0v) is 14.8. The zero-order valence-electron chi connectivity index (χ0n) is 14.8. The van der Waals surface area contributed by atoms with Crippen LogP contribution >= 0.6 is 0 Å². The van der Waals surface area contributed by atoms with E-state index in [9.17, 15) is 22.8 Å². The second-order valence-corrected chi connectivity index (χ2v) is 6.94. The highest BCUT2D eigenvalue weighted by Crippen LogP contribution is 2.30. The number of alkyl halides is 3. The maximum absolute atomic E-state index is 12.8. The first kappa shape index (κ1) is 19.2. The fraction of sp³-hybridized carbons (Fsp3) is 0.400. The molecule has 2 heterocycles. The Morgan fingerprint density at radius 3 is 2.74 bits per heavy atom. The Hall–Kier alpha value is -2.57. The average Bonchev–Trinajstić information content (AvgIpc) is 2.66. The number of carbonyl (C=O) groups excluding carboxylic acids is 1. The van der Waals surface area contributed by atoms with Gasteiger partial charge in [0.1, 0.15) is 0 Å². The molecule has 144 valence electrons. The first-order chi connectivity index (χ1) is 12.8. The van der Waals surface area contributed by atoms with Crippen LogP contribution in [0, 0.1) is 5.92 Å². The van der Waals surface area contributed by atoms with Gasteiger partial charge in [0.05, 0.1) is 11.1 Å². The summed E-state index contributed by atoms with van der Waals surface area (Å²) in [6, 6.07) is 8.25. The number of benzene rings is 1. The summed E-state index contributed by atoms with van der Waals surface area (Å²) in [5, 5.41) is 0. The van der Waals surface area contributed by atoms with E-state index in [1.54, 1.807) is 11.0 Å². The van der Waals surface area contributed by atoms with Crippen molar-refractivity contribution in [3.05, 3.63) is 69.6 Å². The van der Waals surface area contributed by atoms with E-state index in [1.807, 2.05) is 0 Å². The van der Waals surface area contributed by atoms with Crippen LogP contribution in [0.5, 0.6) is 0 Å². The number of likely N-dealkylation sites (tertiary alicyclic amines) is 1. The second-order valence-electron chi connectivity index (χ2n) is 6.94. The van der Waals surface area contributed by atoms with Crippen molar-refractivity contribution in [1.82, 2.24) is 9.88 Å². The van der Waals surface area contributed by atoms with Gasteiger partial charge in [0, 0.05) is 25.4 Å². The standard InChI is InChI=1S/C20H21F3N2O2/c21-20(22,23)17-5-1-3-14(11-17)6-7-15-4-2-10-25(13-15)19(27)16-8-9-18(26)24-12-16/h1,3,5,8-9,11-12,15H,2,4,6-7,10,13H2,(H,24,26)/t15-/m0/s1. The van der Waals surface area contributed by atoms with E-state index in [-0.39, 0.29) is 17.4 Å². The minimum atomic E-state index is -4.33. The molecule has 2 aromatic rings. The Morgan fingerprint density at radius 2 is 2.04 bits per heavy atom. The third kappa shape index (κ3) is 4.99. The normalized spacial score (nSPS) is 17.7. The van der Waals surface area contributed by atoms with E-state index in [0.29, 0.717) is 30.6 Å². The van der Waals surface area contributed by atoms with Crippen LogP contribution in [0.2, 0.25) is 0 Å². The van der Waals surface area contributed by atoms with Crippen molar-refractivity contribution in [2.24, 2.45) is 5.92 Å². The molecule has 0 aliphatic carbocycles. The minimum Gasteiger partial charge on any atom is -0.338 e. The van der Waals surface area contributed by atoms with Crippen molar-refractivity contribution >= 4 is 5.91 Å². The Kier molecular flexibility index (Phi) is 5.68. The first-order valence-electron chi connectivity index (χ1n) is 8.97. The number of hydrogen-bond donors (Lipinski definition) is 1. The molecule has 0 bridgehead atoms. The minimum absolute atomic E-state index is 0.130. The highest BCUT2D eigenvalue weighted by molar-refractivity contribution is 5.93. The average molecular weight is 378 g/mol. The van der Waals surface area contributed by atoms with Crippen LogP contribution in [-0.2, 0) is 12.6 Å². The van der Waals surface area contributed by atoms with Gasteiger partial charge in [-0.3, -0.25) is 9.59 Å². The van der Waals surface area contributed by atoms with Crippen molar-refractivity contribution in [3.63, 3.8) is 0 Å². The van der Waals surface area contributed by atoms with E-state index in [2.05, 4.69) is 4.98 Å². The summed E-state index contributed by atoms with van der Waals surface area (Å²) in [4.78, 5) is 28.0. The second kappa shape index (κ2) is 7.98. The number of aromatic nitrogens is 1. The number of nitrogens with one attached hydrogen (secondary N) is 1. The fourth-order valence-electron chi connectivity index (χ4n) is 3.49. The third-order valence-corrected chi connectivity index (χ3v) is 4.93. The Bertz CT molecular complexity index is 840. The van der Waals surface area contributed by atoms with Gasteiger partial charge < -0.3 is 9.88 Å². The molecule has 1 aromatic carbocycles. The van der Waals surface area contributed by atoms with Crippen LogP contribution in [0.25, 0.3) is 0 Å². The van der Waals surface area contributed by atoms with Crippen molar-refractivity contribution in [3.8, 4) is 0 Å². The van der Waals surface area contributed by atoms with Crippen LogP contribution in [0.4, 0.5) is 13.2 Å². The van der Waals surface area contributed by atoms with Gasteiger partial charge in [0.25, 0.3) is 5.91 Å². The van der Waals surface area contributed by atoms with Gasteiger partial charge in [-0.1, -0.05) is 18.2 Å². The van der Waals surface area contributed by atoms with Gasteiger partial charge in [0.15, 0.2) is 0 Å². The lowest BCUT2D eigenvalue weighted by atomic mass is 9.91. The highest BCUT2D eigenvalue weighted by atomic mass is 19.4. The van der Waals surface area contributed by atoms with Crippen LogP contribution < -0.4 is 5.56 Å². The number of hydrogen-bond acceptors (Lipinski definition) is 2. The van der Waals surface area contributed by atoms with Gasteiger partial charge in [-0.25, -0.2) is 0 Å². The largest absolute Gasteiger partial charge is 0.416 e. The maximum Gasteiger partial charge on any atom is 0.416 e. The molecule has 0 unspecified atom stereocenters. The number of amides is 1. The molecule has 3 rings (SSSR count). The monoisotopic (exact) mass is 378 g/mol. The van der Waals surface area contributed by atoms with Crippen molar-refractivity contribution in [2.45, 2.75) is 31.9 Å². The van der Waals surface area contributed by atoms with Crippen molar-refractivity contribution < 1.29 is 18.0 Å². The van der Waals surface area contributed by atoms with E-state index in [1.165, 1.54) is 30.5 Å². The van der Waals surface area contributed by atoms with Crippen LogP contribution in [-0.4, -0.2) is 28.9 Å². The SMILES string of the molecule is O=C(c1ccc(=O)[nH]c1)N1CCC[C@@H](CCc2cccc(C(F)(F)F)c2)C1. The number of aromatic amines is 1. The van der Waals surface area contributed by atoms with Gasteiger partial charge in [-0.15, -0.1) is 0 Å². The molecule has 1 aromatic heterocycles. The lowest BCUT2D eigenvalue weighted by Gasteiger charge is -2.33. The number of rotatable bonds is 4. The van der Waals surface area contributed by atoms with Crippen molar-refractivity contribution in [2.75, 3.05) is 13.1 Å². The summed E-state index contributed by atoms with van der Waals surface area (Å²) in [6.45, 7) is 1.23. The summed E-state index contributed by atoms with van der Waals surface area (Å²) in [6.07, 6.45) is 0.181. The fourth-order valence-corrected chi connectivity index (χ4v) is 3.49. The highest BCUT2D eigenvalue weighted by Gasteiger charge is 2.30. The van der Waals surface area contributed by atoms with Gasteiger partial charge in [-0.2, -0.15) is 13.2 Å². The topological polar surface area (TPSA) is 53.2 Å². The number of H-pyrrole nitrogens is 1. The van der Waals surface area contributed by atoms with Gasteiger partial charge >= 0.3 is 6.18 Å². The predicted octanol–water partition coefficient (Wildman–Crippen LogP) is 3.88. The number of pyridine rings is 1. The number of halogens is 3. The molecule has 0 radical (unpaired) electrons. The molecule has 7 heteroatoms. The predicted molar refractivity (Wildman–Crippen MR) is 95.5 cm³/mol. The number of aryl methyl sites for hydroxylation is 1. The molecular formula is C20H21F3N2O2. The Labute approximate surface area is 155 Å². The van der Waals surface area contributed by atoms with Crippen LogP contribution in [0.3, 0.4) is 0 Å². The zero-order chi connectivity index (χ0) is 19.4. The molecule has 1 aliphatic heterocycles. The number of carbonyl (C=O) groups is 1. The molecule has 1 fully saturated rings. The Balaban J connectivity index is 1.59. The van der Waals surface area contributed by atoms with Crippen molar-refractivity contribution in [1.29, 1.82) is 0 Å². The Morgan fingerprint density at radius 1 is 1.22 bits per heavy atom. The van der Waals surface area contributed by atoms with Crippen LogP contribution in [0.15, 0.2) is 47.4 Å². The van der Waals surface area contributed by atoms with E-state index in [0.717, 1.165) is 25.3 Å². The molecule has 1 N–H and O–H groups in total. The smallest absolute Gasteiger partial charge is 0.338 e. The number of nitrogens with zero attached hydrogens (tertiary/aromatic N) is 1. The lowest BCUT2D eigenvalue weighted by Crippen LogP contribution is -2.40. The molecule has 4 nitrogen and oxygen atoms in total. The lowest BCUT2D eigenvalue weighted by molar-refractivity contribution is -0.137. The van der Waals surface area contributed by atoms with E-state index >= 15 is 0 Å². The summed E-state index contributed by atoms with van der Waals surface area (Å²) < 4.78 is 38.5. The van der Waals surface area contributed by atoms with Crippen LogP contribution in [0.1, 0.15) is 40.7 Å². The molecule has 1 atom stereocenters. The first-order valence-corrected chi connectivity index (χ1v) is 8.97. The quantitative estimate of drug-likeness (QED) is 0.878. The summed E-state index contributed by atoms with van der Waals surface area (Å²) in [5.74, 6) is 0.120. The summed E-state index contributed by atoms with van der Waals surface area (Å²) in [7, 11) is 0. The summed E-state index contributed by atoms with van der Waals surface area (Å²) >= 11 is 0. The molecule has 1 saturated heterocycles. The van der Waals surface area contributed by atoms with E-state index < -0.39 is 11.7 Å². The maximum atomic E-state index is 12.8. The third-order valence-electron chi connectivity index (χ3n) is 4.93. The molecule has 27 heavy (non-hydrogen) atoms. The molecule has 1 amide bonds. The van der Waals surface area contributed by atoms with Gasteiger partial charge in [-0.05, 0) is 49.3 Å².